The van der Waals surface area contributed by atoms with Crippen molar-refractivity contribution in [2.24, 2.45) is 11.3 Å². The van der Waals surface area contributed by atoms with E-state index >= 15 is 0 Å². The molecule has 0 aromatic rings. The highest BCUT2D eigenvalue weighted by Crippen LogP contribution is 2.24. The summed E-state index contributed by atoms with van der Waals surface area (Å²) in [5, 5.41) is 14.6. The predicted molar refractivity (Wildman–Crippen MR) is 83.2 cm³/mol. The molecule has 0 bridgehead atoms. The standard InChI is InChI=1S/C16H28N2O4/c1-11(18-14(20)12-6-4-5-7-12)10-13(19)17-9-8-16(2,3)15(21)22/h11-12H,4-10H2,1-3H3,(H,17,19)(H,18,20)(H,21,22). The van der Waals surface area contributed by atoms with Gasteiger partial charge in [0, 0.05) is 24.9 Å². The van der Waals surface area contributed by atoms with Gasteiger partial charge in [0.1, 0.15) is 0 Å². The van der Waals surface area contributed by atoms with Crippen molar-refractivity contribution in [3.63, 3.8) is 0 Å². The van der Waals surface area contributed by atoms with E-state index in [0.29, 0.717) is 13.0 Å². The van der Waals surface area contributed by atoms with Gasteiger partial charge in [-0.3, -0.25) is 14.4 Å². The van der Waals surface area contributed by atoms with Gasteiger partial charge in [-0.1, -0.05) is 12.8 Å². The third-order valence-electron chi connectivity index (χ3n) is 4.26. The van der Waals surface area contributed by atoms with Gasteiger partial charge < -0.3 is 15.7 Å². The Balaban J connectivity index is 2.23. The molecule has 22 heavy (non-hydrogen) atoms. The van der Waals surface area contributed by atoms with E-state index in [2.05, 4.69) is 10.6 Å². The Morgan fingerprint density at radius 1 is 1.23 bits per heavy atom. The van der Waals surface area contributed by atoms with Gasteiger partial charge in [-0.05, 0) is 40.0 Å². The molecule has 126 valence electrons. The Kier molecular flexibility index (Phi) is 6.84. The average molecular weight is 312 g/mol. The van der Waals surface area contributed by atoms with Crippen molar-refractivity contribution in [3.8, 4) is 0 Å². The molecule has 0 heterocycles. The lowest BCUT2D eigenvalue weighted by Crippen LogP contribution is -2.40. The van der Waals surface area contributed by atoms with E-state index in [-0.39, 0.29) is 30.2 Å². The Bertz CT molecular complexity index is 414. The van der Waals surface area contributed by atoms with Crippen LogP contribution in [0.3, 0.4) is 0 Å². The maximum atomic E-state index is 11.9. The summed E-state index contributed by atoms with van der Waals surface area (Å²) in [5.74, 6) is -0.897. The number of rotatable bonds is 8. The van der Waals surface area contributed by atoms with Crippen LogP contribution >= 0.6 is 0 Å². The lowest BCUT2D eigenvalue weighted by atomic mass is 9.90. The lowest BCUT2D eigenvalue weighted by Gasteiger charge is -2.20. The molecular formula is C16H28N2O4. The van der Waals surface area contributed by atoms with E-state index in [1.165, 1.54) is 0 Å². The Labute approximate surface area is 132 Å². The Hall–Kier alpha value is -1.59. The number of carbonyl (C=O) groups excluding carboxylic acids is 2. The van der Waals surface area contributed by atoms with Gasteiger partial charge in [-0.2, -0.15) is 0 Å². The molecule has 1 rings (SSSR count). The lowest BCUT2D eigenvalue weighted by molar-refractivity contribution is -0.147. The number of aliphatic carboxylic acids is 1. The van der Waals surface area contributed by atoms with E-state index < -0.39 is 11.4 Å². The molecule has 0 saturated heterocycles. The van der Waals surface area contributed by atoms with E-state index in [9.17, 15) is 14.4 Å². The molecule has 1 atom stereocenters. The zero-order chi connectivity index (χ0) is 16.8. The van der Waals surface area contributed by atoms with Gasteiger partial charge in [0.2, 0.25) is 11.8 Å². The fraction of sp³-hybridized carbons (Fsp3) is 0.812. The summed E-state index contributed by atoms with van der Waals surface area (Å²) in [7, 11) is 0. The number of carboxylic acid groups (broad SMARTS) is 1. The third-order valence-corrected chi connectivity index (χ3v) is 4.26. The van der Waals surface area contributed by atoms with Crippen LogP contribution in [0.15, 0.2) is 0 Å². The minimum Gasteiger partial charge on any atom is -0.481 e. The quantitative estimate of drug-likeness (QED) is 0.635. The third kappa shape index (κ3) is 6.03. The minimum absolute atomic E-state index is 0.0461. The maximum Gasteiger partial charge on any atom is 0.309 e. The fourth-order valence-corrected chi connectivity index (χ4v) is 2.57. The van der Waals surface area contributed by atoms with Crippen LogP contribution in [-0.4, -0.2) is 35.5 Å². The number of hydrogen-bond donors (Lipinski definition) is 3. The molecular weight excluding hydrogens is 284 g/mol. The summed E-state index contributed by atoms with van der Waals surface area (Å²) < 4.78 is 0. The molecule has 1 unspecified atom stereocenters. The largest absolute Gasteiger partial charge is 0.481 e. The number of nitrogens with one attached hydrogen (secondary N) is 2. The Morgan fingerprint density at radius 3 is 2.36 bits per heavy atom. The monoisotopic (exact) mass is 312 g/mol. The van der Waals surface area contributed by atoms with Crippen LogP contribution in [-0.2, 0) is 14.4 Å². The second-order valence-electron chi connectivity index (χ2n) is 6.88. The molecule has 1 aliphatic rings. The molecule has 1 fully saturated rings. The van der Waals surface area contributed by atoms with Crippen molar-refractivity contribution in [2.75, 3.05) is 6.54 Å². The maximum absolute atomic E-state index is 11.9. The summed E-state index contributed by atoms with van der Waals surface area (Å²) >= 11 is 0. The first-order chi connectivity index (χ1) is 10.2. The minimum atomic E-state index is -0.876. The highest BCUT2D eigenvalue weighted by atomic mass is 16.4. The van der Waals surface area contributed by atoms with Crippen molar-refractivity contribution in [3.05, 3.63) is 0 Å². The number of amides is 2. The zero-order valence-corrected chi connectivity index (χ0v) is 13.8. The first-order valence-electron chi connectivity index (χ1n) is 8.03. The number of hydrogen-bond acceptors (Lipinski definition) is 3. The summed E-state index contributed by atoms with van der Waals surface area (Å²) in [6, 6.07) is -0.208. The van der Waals surface area contributed by atoms with Crippen molar-refractivity contribution >= 4 is 17.8 Å². The molecule has 2 amide bonds. The summed E-state index contributed by atoms with van der Waals surface area (Å²) in [4.78, 5) is 34.7. The molecule has 0 radical (unpaired) electrons. The van der Waals surface area contributed by atoms with E-state index in [0.717, 1.165) is 25.7 Å². The van der Waals surface area contributed by atoms with Gasteiger partial charge in [0.05, 0.1) is 5.41 Å². The summed E-state index contributed by atoms with van der Waals surface area (Å²) in [6.45, 7) is 5.40. The fourth-order valence-electron chi connectivity index (χ4n) is 2.57. The zero-order valence-electron chi connectivity index (χ0n) is 13.8. The van der Waals surface area contributed by atoms with Crippen molar-refractivity contribution < 1.29 is 19.5 Å². The molecule has 0 aliphatic heterocycles. The topological polar surface area (TPSA) is 95.5 Å². The highest BCUT2D eigenvalue weighted by molar-refractivity contribution is 5.81. The summed E-state index contributed by atoms with van der Waals surface area (Å²) in [5.41, 5.74) is -0.852. The van der Waals surface area contributed by atoms with Gasteiger partial charge >= 0.3 is 5.97 Å². The van der Waals surface area contributed by atoms with Gasteiger partial charge in [0.25, 0.3) is 0 Å². The van der Waals surface area contributed by atoms with Crippen LogP contribution in [0.25, 0.3) is 0 Å². The molecule has 1 saturated carbocycles. The normalized spacial score (nSPS) is 17.0. The molecule has 3 N–H and O–H groups in total. The van der Waals surface area contributed by atoms with E-state index in [1.807, 2.05) is 6.92 Å². The average Bonchev–Trinajstić information content (AvgIpc) is 2.91. The predicted octanol–water partition coefficient (Wildman–Crippen LogP) is 1.69. The second-order valence-corrected chi connectivity index (χ2v) is 6.88. The molecule has 0 aromatic carbocycles. The summed E-state index contributed by atoms with van der Waals surface area (Å²) in [6.07, 6.45) is 4.67. The highest BCUT2D eigenvalue weighted by Gasteiger charge is 2.27. The second kappa shape index (κ2) is 8.15. The van der Waals surface area contributed by atoms with Gasteiger partial charge in [0.15, 0.2) is 0 Å². The van der Waals surface area contributed by atoms with Gasteiger partial charge in [-0.15, -0.1) is 0 Å². The van der Waals surface area contributed by atoms with Crippen molar-refractivity contribution in [1.29, 1.82) is 0 Å². The SMILES string of the molecule is CC(CC(=O)NCCC(C)(C)C(=O)O)NC(=O)C1CCCC1. The smallest absolute Gasteiger partial charge is 0.309 e. The molecule has 0 aromatic heterocycles. The first kappa shape index (κ1) is 18.5. The Morgan fingerprint density at radius 2 is 1.82 bits per heavy atom. The van der Waals surface area contributed by atoms with Crippen molar-refractivity contribution in [2.45, 2.75) is 65.3 Å². The van der Waals surface area contributed by atoms with Crippen LogP contribution in [0.2, 0.25) is 0 Å². The van der Waals surface area contributed by atoms with E-state index in [1.54, 1.807) is 13.8 Å². The van der Waals surface area contributed by atoms with E-state index in [4.69, 9.17) is 5.11 Å². The van der Waals surface area contributed by atoms with Gasteiger partial charge in [-0.25, -0.2) is 0 Å². The molecule has 6 heteroatoms. The molecule has 6 nitrogen and oxygen atoms in total. The number of carbonyl (C=O) groups is 3. The van der Waals surface area contributed by atoms with Crippen LogP contribution in [0.4, 0.5) is 0 Å². The number of carboxylic acids is 1. The molecule has 0 spiro atoms. The van der Waals surface area contributed by atoms with Crippen LogP contribution in [0.1, 0.15) is 59.3 Å². The van der Waals surface area contributed by atoms with Crippen LogP contribution in [0.5, 0.6) is 0 Å². The first-order valence-corrected chi connectivity index (χ1v) is 8.03. The van der Waals surface area contributed by atoms with Crippen LogP contribution in [0, 0.1) is 11.3 Å². The molecule has 1 aliphatic carbocycles. The van der Waals surface area contributed by atoms with Crippen LogP contribution < -0.4 is 10.6 Å². The van der Waals surface area contributed by atoms with Crippen molar-refractivity contribution in [1.82, 2.24) is 10.6 Å².